The lowest BCUT2D eigenvalue weighted by Crippen LogP contribution is -2.21. The van der Waals surface area contributed by atoms with Crippen LogP contribution in [-0.2, 0) is 22.4 Å². The van der Waals surface area contributed by atoms with E-state index in [9.17, 15) is 14.9 Å². The van der Waals surface area contributed by atoms with Crippen molar-refractivity contribution < 1.29 is 14.3 Å². The fraction of sp³-hybridized carbons (Fsp3) is 0.318. The summed E-state index contributed by atoms with van der Waals surface area (Å²) in [5, 5.41) is 21.2. The summed E-state index contributed by atoms with van der Waals surface area (Å²) < 4.78 is 5.14. The summed E-state index contributed by atoms with van der Waals surface area (Å²) in [6, 6.07) is 11.4. The molecule has 1 aromatic carbocycles. The third kappa shape index (κ3) is 4.49. The van der Waals surface area contributed by atoms with Crippen LogP contribution in [0.4, 0.5) is 5.00 Å². The predicted molar refractivity (Wildman–Crippen MR) is 115 cm³/mol. The Morgan fingerprint density at radius 1 is 1.19 bits per heavy atom. The molecule has 31 heavy (non-hydrogen) atoms. The van der Waals surface area contributed by atoms with Crippen molar-refractivity contribution in [1.82, 2.24) is 15.0 Å². The molecule has 1 amide bonds. The first-order valence-corrected chi connectivity index (χ1v) is 10.9. The van der Waals surface area contributed by atoms with E-state index < -0.39 is 18.5 Å². The van der Waals surface area contributed by atoms with Gasteiger partial charge in [0.1, 0.15) is 11.1 Å². The summed E-state index contributed by atoms with van der Waals surface area (Å²) in [7, 11) is 0. The van der Waals surface area contributed by atoms with E-state index in [1.54, 1.807) is 6.92 Å². The number of carbonyl (C=O) groups excluding carboxylic acids is 2. The van der Waals surface area contributed by atoms with Crippen LogP contribution in [0.5, 0.6) is 0 Å². The molecule has 0 saturated heterocycles. The van der Waals surface area contributed by atoms with Gasteiger partial charge in [-0.25, -0.2) is 4.79 Å². The molecule has 0 atom stereocenters. The van der Waals surface area contributed by atoms with E-state index in [1.165, 1.54) is 16.1 Å². The number of nitriles is 1. The number of esters is 1. The number of para-hydroxylation sites is 1. The molecule has 0 spiro atoms. The molecule has 2 heterocycles. The highest BCUT2D eigenvalue weighted by atomic mass is 32.1. The maximum Gasteiger partial charge on any atom is 0.361 e. The van der Waals surface area contributed by atoms with Crippen LogP contribution >= 0.6 is 11.3 Å². The lowest BCUT2D eigenvalue weighted by Gasteiger charge is -2.05. The van der Waals surface area contributed by atoms with E-state index in [0.717, 1.165) is 42.5 Å². The van der Waals surface area contributed by atoms with Crippen molar-refractivity contribution in [1.29, 1.82) is 5.26 Å². The van der Waals surface area contributed by atoms with Crippen molar-refractivity contribution in [3.8, 4) is 11.8 Å². The van der Waals surface area contributed by atoms with Crippen molar-refractivity contribution in [2.24, 2.45) is 0 Å². The number of aryl methyl sites for hydroxylation is 2. The van der Waals surface area contributed by atoms with Crippen LogP contribution in [0, 0.1) is 18.3 Å². The maximum absolute atomic E-state index is 12.4. The van der Waals surface area contributed by atoms with Gasteiger partial charge in [-0.05, 0) is 50.3 Å². The van der Waals surface area contributed by atoms with Gasteiger partial charge in [0.05, 0.1) is 16.9 Å². The van der Waals surface area contributed by atoms with Crippen LogP contribution in [0.1, 0.15) is 51.4 Å². The van der Waals surface area contributed by atoms with Crippen molar-refractivity contribution >= 4 is 28.2 Å². The summed E-state index contributed by atoms with van der Waals surface area (Å²) in [6.45, 7) is 1.19. The average molecular weight is 436 g/mol. The molecule has 1 aliphatic rings. The van der Waals surface area contributed by atoms with E-state index in [4.69, 9.17) is 4.74 Å². The Labute approximate surface area is 183 Å². The summed E-state index contributed by atoms with van der Waals surface area (Å²) in [6.07, 6.45) is 5.07. The van der Waals surface area contributed by atoms with Gasteiger partial charge in [0, 0.05) is 4.88 Å². The Kier molecular flexibility index (Phi) is 6.09. The SMILES string of the molecule is Cc1nn(-c2ccccc2)nc1C(=O)OCC(=O)Nc1sc2c(c1C#N)CCCCC2. The van der Waals surface area contributed by atoms with Gasteiger partial charge in [0.2, 0.25) is 0 Å². The number of rotatable bonds is 5. The minimum Gasteiger partial charge on any atom is -0.451 e. The summed E-state index contributed by atoms with van der Waals surface area (Å²) in [5.41, 5.74) is 2.75. The highest BCUT2D eigenvalue weighted by Crippen LogP contribution is 2.36. The molecule has 4 rings (SSSR count). The van der Waals surface area contributed by atoms with Gasteiger partial charge >= 0.3 is 5.97 Å². The lowest BCUT2D eigenvalue weighted by atomic mass is 10.1. The van der Waals surface area contributed by atoms with Gasteiger partial charge in [-0.2, -0.15) is 15.2 Å². The van der Waals surface area contributed by atoms with E-state index in [2.05, 4.69) is 21.6 Å². The lowest BCUT2D eigenvalue weighted by molar-refractivity contribution is -0.119. The third-order valence-electron chi connectivity index (χ3n) is 5.08. The number of nitrogens with one attached hydrogen (secondary N) is 1. The molecule has 9 heteroatoms. The number of ether oxygens (including phenoxy) is 1. The van der Waals surface area contributed by atoms with Gasteiger partial charge in [-0.15, -0.1) is 16.4 Å². The molecule has 3 aromatic rings. The highest BCUT2D eigenvalue weighted by Gasteiger charge is 2.22. The molecule has 0 saturated carbocycles. The zero-order valence-corrected chi connectivity index (χ0v) is 17.9. The Hall–Kier alpha value is -3.51. The van der Waals surface area contributed by atoms with Crippen molar-refractivity contribution in [2.75, 3.05) is 11.9 Å². The molecule has 2 aromatic heterocycles. The molecule has 0 fully saturated rings. The van der Waals surface area contributed by atoms with Crippen LogP contribution in [0.2, 0.25) is 0 Å². The third-order valence-corrected chi connectivity index (χ3v) is 6.29. The zero-order valence-electron chi connectivity index (χ0n) is 17.1. The van der Waals surface area contributed by atoms with Crippen molar-refractivity contribution in [3.63, 3.8) is 0 Å². The molecule has 0 radical (unpaired) electrons. The summed E-state index contributed by atoms with van der Waals surface area (Å²) in [4.78, 5) is 27.3. The Bertz CT molecular complexity index is 1160. The first kappa shape index (κ1) is 20.8. The maximum atomic E-state index is 12.4. The molecule has 158 valence electrons. The molecular weight excluding hydrogens is 414 g/mol. The van der Waals surface area contributed by atoms with Crippen LogP contribution in [0.25, 0.3) is 5.69 Å². The number of carbonyl (C=O) groups is 2. The molecule has 0 unspecified atom stereocenters. The van der Waals surface area contributed by atoms with Gasteiger partial charge in [0.25, 0.3) is 5.91 Å². The predicted octanol–water partition coefficient (Wildman–Crippen LogP) is 3.57. The van der Waals surface area contributed by atoms with Gasteiger partial charge < -0.3 is 10.1 Å². The fourth-order valence-corrected chi connectivity index (χ4v) is 4.81. The first-order valence-electron chi connectivity index (χ1n) is 10.1. The number of hydrogen-bond donors (Lipinski definition) is 1. The average Bonchev–Trinajstić information content (AvgIpc) is 3.23. The quantitative estimate of drug-likeness (QED) is 0.485. The Morgan fingerprint density at radius 3 is 2.74 bits per heavy atom. The van der Waals surface area contributed by atoms with E-state index in [-0.39, 0.29) is 5.69 Å². The molecule has 8 nitrogen and oxygen atoms in total. The Morgan fingerprint density at radius 2 is 1.97 bits per heavy atom. The number of anilines is 1. The standard InChI is InChI=1S/C22H21N5O3S/c1-14-20(26-27(25-14)15-8-4-2-5-9-15)22(29)30-13-19(28)24-21-17(12-23)16-10-6-3-7-11-18(16)31-21/h2,4-5,8-9H,3,6-7,10-11,13H2,1H3,(H,24,28). The minimum atomic E-state index is -0.725. The number of hydrogen-bond acceptors (Lipinski definition) is 7. The van der Waals surface area contributed by atoms with Crippen molar-refractivity contribution in [3.05, 3.63) is 57.7 Å². The van der Waals surface area contributed by atoms with Crippen LogP contribution in [-0.4, -0.2) is 33.5 Å². The van der Waals surface area contributed by atoms with Gasteiger partial charge in [-0.3, -0.25) is 4.79 Å². The number of thiophene rings is 1. The highest BCUT2D eigenvalue weighted by molar-refractivity contribution is 7.16. The first-order chi connectivity index (χ1) is 15.1. The van der Waals surface area contributed by atoms with Crippen LogP contribution in [0.15, 0.2) is 30.3 Å². The molecule has 0 aliphatic heterocycles. The van der Waals surface area contributed by atoms with E-state index in [1.807, 2.05) is 30.3 Å². The normalized spacial score (nSPS) is 13.0. The molecule has 1 aliphatic carbocycles. The summed E-state index contributed by atoms with van der Waals surface area (Å²) >= 11 is 1.44. The number of nitrogens with zero attached hydrogens (tertiary/aromatic N) is 4. The summed E-state index contributed by atoms with van der Waals surface area (Å²) in [5.74, 6) is -1.22. The second-order valence-corrected chi connectivity index (χ2v) is 8.37. The minimum absolute atomic E-state index is 0.0530. The number of aromatic nitrogens is 3. The van der Waals surface area contributed by atoms with Crippen molar-refractivity contribution in [2.45, 2.75) is 39.0 Å². The smallest absolute Gasteiger partial charge is 0.361 e. The molecular formula is C22H21N5O3S. The van der Waals surface area contributed by atoms with Crippen LogP contribution < -0.4 is 5.32 Å². The molecule has 0 bridgehead atoms. The monoisotopic (exact) mass is 435 g/mol. The molecule has 1 N–H and O–H groups in total. The number of fused-ring (bicyclic) bond motifs is 1. The van der Waals surface area contributed by atoms with Gasteiger partial charge in [0.15, 0.2) is 12.3 Å². The number of amides is 1. The number of benzene rings is 1. The second-order valence-electron chi connectivity index (χ2n) is 7.26. The zero-order chi connectivity index (χ0) is 21.8. The fourth-order valence-electron chi connectivity index (χ4n) is 3.56. The second kappa shape index (κ2) is 9.10. The van der Waals surface area contributed by atoms with Crippen LogP contribution in [0.3, 0.4) is 0 Å². The largest absolute Gasteiger partial charge is 0.451 e. The topological polar surface area (TPSA) is 110 Å². The van der Waals surface area contributed by atoms with Gasteiger partial charge in [-0.1, -0.05) is 24.6 Å². The Balaban J connectivity index is 1.40. The van der Waals surface area contributed by atoms with E-state index in [0.29, 0.717) is 21.9 Å². The van der Waals surface area contributed by atoms with E-state index >= 15 is 0 Å².